The number of thiophene rings is 1. The van der Waals surface area contributed by atoms with Gasteiger partial charge < -0.3 is 9.84 Å². The number of carboxylic acid groups (broad SMARTS) is 1. The van der Waals surface area contributed by atoms with Crippen LogP contribution in [0, 0.1) is 18.8 Å². The molecule has 0 fully saturated rings. The summed E-state index contributed by atoms with van der Waals surface area (Å²) in [7, 11) is 0. The van der Waals surface area contributed by atoms with Gasteiger partial charge in [0.2, 0.25) is 0 Å². The van der Waals surface area contributed by atoms with Gasteiger partial charge >= 0.3 is 5.97 Å². The maximum absolute atomic E-state index is 12.0. The van der Waals surface area contributed by atoms with E-state index >= 15 is 0 Å². The Bertz CT molecular complexity index is 1610. The number of aliphatic carboxylic acids is 1. The molecule has 206 valence electrons. The highest BCUT2D eigenvalue weighted by Crippen LogP contribution is 2.36. The average Bonchev–Trinajstić information content (AvgIpc) is 3.32. The molecule has 0 aliphatic heterocycles. The Hall–Kier alpha value is -3.67. The van der Waals surface area contributed by atoms with Crippen LogP contribution < -0.4 is 4.74 Å². The van der Waals surface area contributed by atoms with Crippen molar-refractivity contribution >= 4 is 37.5 Å². The SMILES string of the molecule is Cc1cccc(COc2ccccc2CN(CCC(C(=O)O)C(C)C)Cc2cccc3c2sc2ccccc23)c1. The van der Waals surface area contributed by atoms with Gasteiger partial charge in [0.05, 0.1) is 5.92 Å². The second-order valence-electron chi connectivity index (χ2n) is 11.0. The second-order valence-corrected chi connectivity index (χ2v) is 12.0. The Morgan fingerprint density at radius 3 is 2.38 bits per heavy atom. The summed E-state index contributed by atoms with van der Waals surface area (Å²) in [6, 6.07) is 31.7. The molecule has 0 spiro atoms. The van der Waals surface area contributed by atoms with Crippen LogP contribution in [0.2, 0.25) is 0 Å². The predicted octanol–water partition coefficient (Wildman–Crippen LogP) is 8.69. The fourth-order valence-corrected chi connectivity index (χ4v) is 6.63. The molecule has 4 nitrogen and oxygen atoms in total. The summed E-state index contributed by atoms with van der Waals surface area (Å²) in [5.41, 5.74) is 4.74. The van der Waals surface area contributed by atoms with Gasteiger partial charge in [-0.3, -0.25) is 9.69 Å². The quantitative estimate of drug-likeness (QED) is 0.168. The minimum atomic E-state index is -0.719. The van der Waals surface area contributed by atoms with E-state index in [-0.39, 0.29) is 11.8 Å². The van der Waals surface area contributed by atoms with Gasteiger partial charge in [-0.1, -0.05) is 98.3 Å². The first-order valence-corrected chi connectivity index (χ1v) is 14.8. The summed E-state index contributed by atoms with van der Waals surface area (Å²) in [5, 5.41) is 12.4. The molecular formula is C35H37NO3S. The topological polar surface area (TPSA) is 49.8 Å². The van der Waals surface area contributed by atoms with E-state index in [1.54, 1.807) is 0 Å². The van der Waals surface area contributed by atoms with Crippen LogP contribution in [-0.4, -0.2) is 22.5 Å². The molecule has 0 aliphatic carbocycles. The zero-order valence-electron chi connectivity index (χ0n) is 23.5. The number of rotatable bonds is 12. The van der Waals surface area contributed by atoms with Crippen LogP contribution in [0.5, 0.6) is 5.75 Å². The number of aryl methyl sites for hydroxylation is 1. The zero-order chi connectivity index (χ0) is 28.1. The van der Waals surface area contributed by atoms with E-state index in [1.165, 1.54) is 31.3 Å². The smallest absolute Gasteiger partial charge is 0.306 e. The van der Waals surface area contributed by atoms with E-state index in [0.29, 0.717) is 26.1 Å². The molecule has 0 bridgehead atoms. The summed E-state index contributed by atoms with van der Waals surface area (Å²) in [6.07, 6.45) is 0.599. The lowest BCUT2D eigenvalue weighted by atomic mass is 9.92. The standard InChI is InChI=1S/C35H37NO3S/c1-24(2)29(35(37)38)18-19-36(22-28-13-9-15-31-30-14-5-7-17-33(30)40-34(28)31)21-27-12-4-6-16-32(27)39-23-26-11-8-10-25(3)20-26/h4-17,20,24,29H,18-19,21-23H2,1-3H3,(H,37,38). The Morgan fingerprint density at radius 1 is 0.875 bits per heavy atom. The summed E-state index contributed by atoms with van der Waals surface area (Å²) in [4.78, 5) is 14.4. The predicted molar refractivity (Wildman–Crippen MR) is 166 cm³/mol. The summed E-state index contributed by atoms with van der Waals surface area (Å²) >= 11 is 1.84. The average molecular weight is 552 g/mol. The van der Waals surface area contributed by atoms with Gasteiger partial charge in [-0.05, 0) is 49.1 Å². The summed E-state index contributed by atoms with van der Waals surface area (Å²) in [5.74, 6) is -0.151. The number of fused-ring (bicyclic) bond motifs is 3. The first-order valence-electron chi connectivity index (χ1n) is 14.0. The van der Waals surface area contributed by atoms with Crippen LogP contribution in [-0.2, 0) is 24.5 Å². The van der Waals surface area contributed by atoms with E-state index < -0.39 is 5.97 Å². The third kappa shape index (κ3) is 6.55. The molecule has 0 aliphatic rings. The number of benzene rings is 4. The van der Waals surface area contributed by atoms with E-state index in [0.717, 1.165) is 23.4 Å². The minimum absolute atomic E-state index is 0.0790. The lowest BCUT2D eigenvalue weighted by molar-refractivity contribution is -0.143. The maximum Gasteiger partial charge on any atom is 0.306 e. The molecule has 1 heterocycles. The molecule has 0 saturated heterocycles. The lowest BCUT2D eigenvalue weighted by Crippen LogP contribution is -2.29. The highest BCUT2D eigenvalue weighted by molar-refractivity contribution is 7.26. The first kappa shape index (κ1) is 27.9. The molecule has 4 aromatic carbocycles. The Morgan fingerprint density at radius 2 is 1.57 bits per heavy atom. The highest BCUT2D eigenvalue weighted by atomic mass is 32.1. The summed E-state index contributed by atoms with van der Waals surface area (Å²) in [6.45, 7) is 8.69. The molecule has 5 aromatic rings. The van der Waals surface area contributed by atoms with Crippen molar-refractivity contribution in [1.29, 1.82) is 0 Å². The largest absolute Gasteiger partial charge is 0.489 e. The van der Waals surface area contributed by atoms with Crippen molar-refractivity contribution < 1.29 is 14.6 Å². The molecule has 0 amide bonds. The van der Waals surface area contributed by atoms with Crippen molar-refractivity contribution in [3.05, 3.63) is 113 Å². The molecule has 1 atom stereocenters. The number of hydrogen-bond acceptors (Lipinski definition) is 4. The van der Waals surface area contributed by atoms with Crippen LogP contribution in [0.1, 0.15) is 42.5 Å². The molecule has 1 aromatic heterocycles. The van der Waals surface area contributed by atoms with Crippen molar-refractivity contribution in [2.45, 2.75) is 46.9 Å². The summed E-state index contributed by atoms with van der Waals surface area (Å²) < 4.78 is 8.91. The van der Waals surface area contributed by atoms with Gasteiger partial charge in [0.15, 0.2) is 0 Å². The molecule has 1 unspecified atom stereocenters. The number of para-hydroxylation sites is 1. The minimum Gasteiger partial charge on any atom is -0.489 e. The van der Waals surface area contributed by atoms with Crippen molar-refractivity contribution in [2.24, 2.45) is 11.8 Å². The van der Waals surface area contributed by atoms with Gasteiger partial charge in [0.25, 0.3) is 0 Å². The molecule has 1 N–H and O–H groups in total. The maximum atomic E-state index is 12.0. The molecule has 5 heteroatoms. The second kappa shape index (κ2) is 12.7. The van der Waals surface area contributed by atoms with E-state index in [4.69, 9.17) is 4.74 Å². The Kier molecular flexibility index (Phi) is 8.83. The number of hydrogen-bond donors (Lipinski definition) is 1. The third-order valence-electron chi connectivity index (χ3n) is 7.60. The van der Waals surface area contributed by atoms with Gasteiger partial charge in [-0.2, -0.15) is 0 Å². The Labute approximate surface area is 240 Å². The van der Waals surface area contributed by atoms with Gasteiger partial charge in [0, 0.05) is 38.8 Å². The van der Waals surface area contributed by atoms with Crippen LogP contribution in [0.25, 0.3) is 20.2 Å². The van der Waals surface area contributed by atoms with Crippen LogP contribution in [0.3, 0.4) is 0 Å². The molecular weight excluding hydrogens is 514 g/mol. The third-order valence-corrected chi connectivity index (χ3v) is 8.86. The number of ether oxygens (including phenoxy) is 1. The van der Waals surface area contributed by atoms with Gasteiger partial charge in [-0.15, -0.1) is 11.3 Å². The van der Waals surface area contributed by atoms with Crippen molar-refractivity contribution in [1.82, 2.24) is 4.90 Å². The molecule has 0 saturated carbocycles. The molecule has 0 radical (unpaired) electrons. The zero-order valence-corrected chi connectivity index (χ0v) is 24.3. The van der Waals surface area contributed by atoms with Gasteiger partial charge in [-0.25, -0.2) is 0 Å². The Balaban J connectivity index is 1.42. The van der Waals surface area contributed by atoms with Crippen molar-refractivity contribution in [3.8, 4) is 5.75 Å². The normalized spacial score (nSPS) is 12.4. The van der Waals surface area contributed by atoms with Crippen LogP contribution in [0.15, 0.2) is 91.0 Å². The number of nitrogens with zero attached hydrogens (tertiary/aromatic N) is 1. The lowest BCUT2D eigenvalue weighted by Gasteiger charge is -2.26. The van der Waals surface area contributed by atoms with Crippen LogP contribution >= 0.6 is 11.3 Å². The fourth-order valence-electron chi connectivity index (χ4n) is 5.43. The number of carbonyl (C=O) groups is 1. The van der Waals surface area contributed by atoms with Crippen LogP contribution in [0.4, 0.5) is 0 Å². The van der Waals surface area contributed by atoms with E-state index in [2.05, 4.69) is 84.6 Å². The molecule has 40 heavy (non-hydrogen) atoms. The number of carboxylic acids is 1. The van der Waals surface area contributed by atoms with Gasteiger partial charge in [0.1, 0.15) is 12.4 Å². The highest BCUT2D eigenvalue weighted by Gasteiger charge is 2.23. The first-order chi connectivity index (χ1) is 19.4. The molecule has 5 rings (SSSR count). The van der Waals surface area contributed by atoms with Crippen molar-refractivity contribution in [3.63, 3.8) is 0 Å². The van der Waals surface area contributed by atoms with E-state index in [1.807, 2.05) is 43.4 Å². The fraction of sp³-hybridized carbons (Fsp3) is 0.286. The van der Waals surface area contributed by atoms with Crippen molar-refractivity contribution in [2.75, 3.05) is 6.54 Å². The van der Waals surface area contributed by atoms with E-state index in [9.17, 15) is 9.90 Å². The monoisotopic (exact) mass is 551 g/mol.